The number of nitro groups is 1. The normalized spacial score (nSPS) is 14.5. The summed E-state index contributed by atoms with van der Waals surface area (Å²) in [7, 11) is 0. The molecular formula is C24H24N2O8S. The van der Waals surface area contributed by atoms with Crippen molar-refractivity contribution >= 4 is 40.6 Å². The lowest BCUT2D eigenvalue weighted by atomic mass is 10.1. The van der Waals surface area contributed by atoms with Crippen LogP contribution in [0.4, 0.5) is 10.5 Å². The van der Waals surface area contributed by atoms with Crippen molar-refractivity contribution in [2.45, 2.75) is 33.5 Å². The van der Waals surface area contributed by atoms with Crippen LogP contribution < -0.4 is 9.47 Å². The minimum atomic E-state index is -0.665. The van der Waals surface area contributed by atoms with E-state index in [1.54, 1.807) is 57.2 Å². The maximum Gasteiger partial charge on any atom is 0.326 e. The largest absolute Gasteiger partial charge is 0.490 e. The van der Waals surface area contributed by atoms with Crippen LogP contribution in [0.15, 0.2) is 47.4 Å². The molecule has 0 bridgehead atoms. The van der Waals surface area contributed by atoms with Crippen molar-refractivity contribution in [2.75, 3.05) is 13.2 Å². The molecule has 1 aliphatic rings. The van der Waals surface area contributed by atoms with Gasteiger partial charge in [-0.2, -0.15) is 0 Å². The Kier molecular flexibility index (Phi) is 8.48. The molecule has 1 fully saturated rings. The first-order valence-corrected chi connectivity index (χ1v) is 11.6. The lowest BCUT2D eigenvalue weighted by Gasteiger charge is -2.13. The van der Waals surface area contributed by atoms with Gasteiger partial charge in [-0.1, -0.05) is 18.2 Å². The van der Waals surface area contributed by atoms with Gasteiger partial charge in [0.15, 0.2) is 11.5 Å². The van der Waals surface area contributed by atoms with Gasteiger partial charge in [-0.05, 0) is 62.4 Å². The number of amides is 2. The van der Waals surface area contributed by atoms with E-state index in [-0.39, 0.29) is 23.3 Å². The Labute approximate surface area is 206 Å². The molecule has 0 atom stereocenters. The number of hydrogen-bond donors (Lipinski definition) is 0. The summed E-state index contributed by atoms with van der Waals surface area (Å²) in [6, 6.07) is 11.2. The highest BCUT2D eigenvalue weighted by Gasteiger charge is 2.36. The van der Waals surface area contributed by atoms with Gasteiger partial charge in [-0.25, -0.2) is 0 Å². The summed E-state index contributed by atoms with van der Waals surface area (Å²) < 4.78 is 16.4. The molecule has 3 rings (SSSR count). The summed E-state index contributed by atoms with van der Waals surface area (Å²) in [6.07, 6.45) is 1.16. The van der Waals surface area contributed by atoms with Crippen LogP contribution in [0.2, 0.25) is 0 Å². The Balaban J connectivity index is 1.77. The second kappa shape index (κ2) is 11.5. The standard InChI is InChI=1S/C24H24N2O8S/c1-4-32-20-11-16(9-10-19(20)33-14-17-7-5-6-8-18(17)26(30)31)12-21-23(28)25(24(29)35-21)13-22(27)34-15(2)3/h5-12,15H,4,13-14H2,1-3H3/b21-12-. The lowest BCUT2D eigenvalue weighted by Crippen LogP contribution is -2.35. The molecular weight excluding hydrogens is 476 g/mol. The monoisotopic (exact) mass is 500 g/mol. The maximum atomic E-state index is 12.7. The van der Waals surface area contributed by atoms with Crippen molar-refractivity contribution in [3.05, 3.63) is 68.6 Å². The van der Waals surface area contributed by atoms with Crippen LogP contribution in [-0.2, 0) is 20.9 Å². The molecule has 2 aromatic carbocycles. The van der Waals surface area contributed by atoms with E-state index in [1.165, 1.54) is 12.1 Å². The van der Waals surface area contributed by atoms with E-state index in [4.69, 9.17) is 14.2 Å². The molecule has 0 N–H and O–H groups in total. The second-order valence-electron chi connectivity index (χ2n) is 7.62. The number of nitrogens with zero attached hydrogens (tertiary/aromatic N) is 2. The fraction of sp³-hybridized carbons (Fsp3) is 0.292. The van der Waals surface area contributed by atoms with Gasteiger partial charge < -0.3 is 14.2 Å². The van der Waals surface area contributed by atoms with Crippen LogP contribution in [0.3, 0.4) is 0 Å². The van der Waals surface area contributed by atoms with Crippen molar-refractivity contribution in [3.63, 3.8) is 0 Å². The summed E-state index contributed by atoms with van der Waals surface area (Å²) >= 11 is 0.728. The number of carbonyl (C=O) groups is 3. The number of carbonyl (C=O) groups excluding carboxylic acids is 3. The van der Waals surface area contributed by atoms with Crippen LogP contribution >= 0.6 is 11.8 Å². The van der Waals surface area contributed by atoms with Crippen LogP contribution in [0.5, 0.6) is 11.5 Å². The Morgan fingerprint density at radius 3 is 2.57 bits per heavy atom. The minimum absolute atomic E-state index is 0.0397. The molecule has 0 unspecified atom stereocenters. The average Bonchev–Trinajstić information content (AvgIpc) is 3.05. The quantitative estimate of drug-likeness (QED) is 0.200. The van der Waals surface area contributed by atoms with E-state index in [9.17, 15) is 24.5 Å². The van der Waals surface area contributed by atoms with Gasteiger partial charge in [-0.3, -0.25) is 29.4 Å². The fourth-order valence-electron chi connectivity index (χ4n) is 3.19. The molecule has 2 aromatic rings. The van der Waals surface area contributed by atoms with Gasteiger partial charge in [0, 0.05) is 6.07 Å². The van der Waals surface area contributed by atoms with E-state index < -0.39 is 28.6 Å². The minimum Gasteiger partial charge on any atom is -0.490 e. The third-order valence-electron chi connectivity index (χ3n) is 4.66. The molecule has 0 radical (unpaired) electrons. The predicted octanol–water partition coefficient (Wildman–Crippen LogP) is 4.56. The predicted molar refractivity (Wildman–Crippen MR) is 129 cm³/mol. The highest BCUT2D eigenvalue weighted by molar-refractivity contribution is 8.18. The molecule has 11 heteroatoms. The second-order valence-corrected chi connectivity index (χ2v) is 8.61. The molecule has 35 heavy (non-hydrogen) atoms. The Morgan fingerprint density at radius 2 is 1.89 bits per heavy atom. The zero-order valence-corrected chi connectivity index (χ0v) is 20.2. The summed E-state index contributed by atoms with van der Waals surface area (Å²) in [5.74, 6) is -0.510. The highest BCUT2D eigenvalue weighted by Crippen LogP contribution is 2.35. The number of ether oxygens (including phenoxy) is 3. The Hall–Kier alpha value is -3.86. The number of nitro benzene ring substituents is 1. The Morgan fingerprint density at radius 1 is 1.14 bits per heavy atom. The maximum absolute atomic E-state index is 12.7. The third kappa shape index (κ3) is 6.60. The fourth-order valence-corrected chi connectivity index (χ4v) is 4.02. The van der Waals surface area contributed by atoms with Gasteiger partial charge in [0.2, 0.25) is 0 Å². The SMILES string of the molecule is CCOc1cc(/C=C2\SC(=O)N(CC(=O)OC(C)C)C2=O)ccc1OCc1ccccc1[N+](=O)[O-]. The molecule has 0 aromatic heterocycles. The zero-order valence-electron chi connectivity index (χ0n) is 19.4. The van der Waals surface area contributed by atoms with Crippen LogP contribution in [0, 0.1) is 10.1 Å². The Bertz CT molecular complexity index is 1180. The summed E-state index contributed by atoms with van der Waals surface area (Å²) in [5.41, 5.74) is 0.936. The van der Waals surface area contributed by atoms with Gasteiger partial charge in [-0.15, -0.1) is 0 Å². The highest BCUT2D eigenvalue weighted by atomic mass is 32.2. The summed E-state index contributed by atoms with van der Waals surface area (Å²) in [5, 5.41) is 10.7. The van der Waals surface area contributed by atoms with Crippen molar-refractivity contribution in [3.8, 4) is 11.5 Å². The van der Waals surface area contributed by atoms with Gasteiger partial charge in [0.05, 0.1) is 28.1 Å². The number of thioether (sulfide) groups is 1. The summed E-state index contributed by atoms with van der Waals surface area (Å²) in [4.78, 5) is 48.5. The molecule has 184 valence electrons. The lowest BCUT2D eigenvalue weighted by molar-refractivity contribution is -0.385. The summed E-state index contributed by atoms with van der Waals surface area (Å²) in [6.45, 7) is 4.98. The van der Waals surface area contributed by atoms with Crippen LogP contribution in [0.25, 0.3) is 6.08 Å². The first kappa shape index (κ1) is 25.8. The zero-order chi connectivity index (χ0) is 25.5. The van der Waals surface area contributed by atoms with Crippen molar-refractivity contribution in [1.29, 1.82) is 0 Å². The van der Waals surface area contributed by atoms with Gasteiger partial charge in [0.25, 0.3) is 16.8 Å². The molecule has 1 aliphatic heterocycles. The van der Waals surface area contributed by atoms with Crippen LogP contribution in [-0.4, -0.2) is 46.2 Å². The molecule has 2 amide bonds. The van der Waals surface area contributed by atoms with Gasteiger partial charge >= 0.3 is 5.97 Å². The van der Waals surface area contributed by atoms with Crippen molar-refractivity contribution in [1.82, 2.24) is 4.90 Å². The number of benzene rings is 2. The van der Waals surface area contributed by atoms with E-state index in [2.05, 4.69) is 0 Å². The molecule has 10 nitrogen and oxygen atoms in total. The topological polar surface area (TPSA) is 125 Å². The van der Waals surface area contributed by atoms with Crippen molar-refractivity contribution < 1.29 is 33.5 Å². The number of imide groups is 1. The molecule has 1 saturated heterocycles. The number of hydrogen-bond acceptors (Lipinski definition) is 9. The smallest absolute Gasteiger partial charge is 0.326 e. The average molecular weight is 501 g/mol. The van der Waals surface area contributed by atoms with E-state index >= 15 is 0 Å². The molecule has 0 aliphatic carbocycles. The first-order valence-electron chi connectivity index (χ1n) is 10.8. The third-order valence-corrected chi connectivity index (χ3v) is 5.57. The van der Waals surface area contributed by atoms with E-state index in [0.717, 1.165) is 16.7 Å². The molecule has 0 saturated carbocycles. The van der Waals surface area contributed by atoms with Crippen LogP contribution in [0.1, 0.15) is 31.9 Å². The number of esters is 1. The first-order chi connectivity index (χ1) is 16.7. The van der Waals surface area contributed by atoms with Crippen molar-refractivity contribution in [2.24, 2.45) is 0 Å². The number of para-hydroxylation sites is 1. The van der Waals surface area contributed by atoms with E-state index in [0.29, 0.717) is 29.2 Å². The van der Waals surface area contributed by atoms with Gasteiger partial charge in [0.1, 0.15) is 13.2 Å². The van der Waals surface area contributed by atoms with E-state index in [1.807, 2.05) is 0 Å². The number of rotatable bonds is 10. The molecule has 1 heterocycles. The molecule has 0 spiro atoms.